The Labute approximate surface area is 170 Å². The highest BCUT2D eigenvalue weighted by Gasteiger charge is 2.26. The van der Waals surface area contributed by atoms with Crippen molar-refractivity contribution in [3.05, 3.63) is 71.3 Å². The van der Waals surface area contributed by atoms with Crippen LogP contribution in [0.15, 0.2) is 54.6 Å². The van der Waals surface area contributed by atoms with Gasteiger partial charge in [-0.3, -0.25) is 4.79 Å². The average molecular weight is 398 g/mol. The molecule has 0 bridgehead atoms. The lowest BCUT2D eigenvalue weighted by Crippen LogP contribution is -2.34. The van der Waals surface area contributed by atoms with Gasteiger partial charge in [-0.2, -0.15) is 0 Å². The van der Waals surface area contributed by atoms with E-state index in [1.54, 1.807) is 75.4 Å². The second kappa shape index (κ2) is 9.34. The molecule has 0 fully saturated rings. The van der Waals surface area contributed by atoms with E-state index in [2.05, 4.69) is 5.32 Å². The SMILES string of the molecule is COC(=O)C(NC(=O)c1ccccc1)c1ccc(C(N)C(=O)OC(C)(C)C)cc1. The summed E-state index contributed by atoms with van der Waals surface area (Å²) >= 11 is 0. The predicted molar refractivity (Wildman–Crippen MR) is 108 cm³/mol. The first-order valence-corrected chi connectivity index (χ1v) is 9.14. The van der Waals surface area contributed by atoms with Gasteiger partial charge in [0, 0.05) is 5.56 Å². The first kappa shape index (κ1) is 22.1. The van der Waals surface area contributed by atoms with Gasteiger partial charge in [0.1, 0.15) is 11.6 Å². The summed E-state index contributed by atoms with van der Waals surface area (Å²) in [5.41, 5.74) is 6.78. The number of amides is 1. The maximum absolute atomic E-state index is 12.4. The van der Waals surface area contributed by atoms with E-state index < -0.39 is 35.5 Å². The number of esters is 2. The second-order valence-electron chi connectivity index (χ2n) is 7.47. The summed E-state index contributed by atoms with van der Waals surface area (Å²) in [5, 5.41) is 2.67. The Balaban J connectivity index is 2.19. The number of rotatable bonds is 6. The molecule has 2 aromatic rings. The maximum atomic E-state index is 12.4. The molecule has 0 aliphatic carbocycles. The lowest BCUT2D eigenvalue weighted by molar-refractivity contribution is -0.156. The van der Waals surface area contributed by atoms with E-state index in [9.17, 15) is 14.4 Å². The highest BCUT2D eigenvalue weighted by atomic mass is 16.6. The number of nitrogens with two attached hydrogens (primary N) is 1. The molecule has 0 saturated carbocycles. The number of hydrogen-bond acceptors (Lipinski definition) is 6. The molecular formula is C22H26N2O5. The first-order valence-electron chi connectivity index (χ1n) is 9.14. The van der Waals surface area contributed by atoms with Gasteiger partial charge in [-0.05, 0) is 44.0 Å². The number of carbonyl (C=O) groups excluding carboxylic acids is 3. The van der Waals surface area contributed by atoms with Crippen LogP contribution in [-0.4, -0.2) is 30.6 Å². The van der Waals surface area contributed by atoms with E-state index in [1.165, 1.54) is 7.11 Å². The van der Waals surface area contributed by atoms with Gasteiger partial charge < -0.3 is 20.5 Å². The summed E-state index contributed by atoms with van der Waals surface area (Å²) in [6, 6.07) is 13.1. The zero-order valence-corrected chi connectivity index (χ0v) is 17.0. The third kappa shape index (κ3) is 6.15. The summed E-state index contributed by atoms with van der Waals surface area (Å²) in [7, 11) is 1.25. The maximum Gasteiger partial charge on any atom is 0.333 e. The highest BCUT2D eigenvalue weighted by molar-refractivity contribution is 5.97. The molecule has 0 heterocycles. The fraction of sp³-hybridized carbons (Fsp3) is 0.318. The lowest BCUT2D eigenvalue weighted by atomic mass is 10.0. The van der Waals surface area contributed by atoms with Crippen molar-refractivity contribution in [1.82, 2.24) is 5.32 Å². The Hall–Kier alpha value is -3.19. The van der Waals surface area contributed by atoms with Crippen molar-refractivity contribution in [2.24, 2.45) is 5.73 Å². The van der Waals surface area contributed by atoms with Gasteiger partial charge >= 0.3 is 11.9 Å². The van der Waals surface area contributed by atoms with Crippen LogP contribution in [0.4, 0.5) is 0 Å². The van der Waals surface area contributed by atoms with Gasteiger partial charge in [-0.1, -0.05) is 42.5 Å². The van der Waals surface area contributed by atoms with Crippen LogP contribution in [0.1, 0.15) is 54.3 Å². The van der Waals surface area contributed by atoms with Crippen LogP contribution in [0.25, 0.3) is 0 Å². The zero-order valence-electron chi connectivity index (χ0n) is 17.0. The molecule has 2 unspecified atom stereocenters. The van der Waals surface area contributed by atoms with Crippen molar-refractivity contribution in [3.8, 4) is 0 Å². The van der Waals surface area contributed by atoms with Gasteiger partial charge in [0.25, 0.3) is 5.91 Å². The molecule has 7 heteroatoms. The summed E-state index contributed by atoms with van der Waals surface area (Å²) < 4.78 is 10.1. The normalized spacial score (nSPS) is 13.1. The van der Waals surface area contributed by atoms with E-state index in [0.717, 1.165) is 0 Å². The average Bonchev–Trinajstić information content (AvgIpc) is 2.70. The highest BCUT2D eigenvalue weighted by Crippen LogP contribution is 2.21. The molecular weight excluding hydrogens is 372 g/mol. The van der Waals surface area contributed by atoms with Gasteiger partial charge in [-0.15, -0.1) is 0 Å². The number of carbonyl (C=O) groups is 3. The van der Waals surface area contributed by atoms with Crippen molar-refractivity contribution in [2.45, 2.75) is 38.5 Å². The van der Waals surface area contributed by atoms with Crippen LogP contribution in [0, 0.1) is 0 Å². The topological polar surface area (TPSA) is 108 Å². The third-order valence-electron chi connectivity index (χ3n) is 4.04. The van der Waals surface area contributed by atoms with E-state index in [4.69, 9.17) is 15.2 Å². The molecule has 1 amide bonds. The number of methoxy groups -OCH3 is 1. The van der Waals surface area contributed by atoms with Gasteiger partial charge in [0.15, 0.2) is 6.04 Å². The molecule has 0 spiro atoms. The van der Waals surface area contributed by atoms with Crippen molar-refractivity contribution in [3.63, 3.8) is 0 Å². The summed E-state index contributed by atoms with van der Waals surface area (Å²) in [4.78, 5) is 36.8. The largest absolute Gasteiger partial charge is 0.467 e. The molecule has 3 N–H and O–H groups in total. The van der Waals surface area contributed by atoms with Crippen molar-refractivity contribution < 1.29 is 23.9 Å². The van der Waals surface area contributed by atoms with Crippen molar-refractivity contribution in [2.75, 3.05) is 7.11 Å². The molecule has 2 aromatic carbocycles. The first-order chi connectivity index (χ1) is 13.6. The molecule has 0 aliphatic rings. The smallest absolute Gasteiger partial charge is 0.333 e. The summed E-state index contributed by atoms with van der Waals surface area (Å²) in [5.74, 6) is -1.57. The minimum atomic E-state index is -1.00. The zero-order chi connectivity index (χ0) is 21.6. The van der Waals surface area contributed by atoms with Gasteiger partial charge in [0.2, 0.25) is 0 Å². The van der Waals surface area contributed by atoms with E-state index >= 15 is 0 Å². The van der Waals surface area contributed by atoms with E-state index in [-0.39, 0.29) is 0 Å². The van der Waals surface area contributed by atoms with Crippen LogP contribution < -0.4 is 11.1 Å². The summed E-state index contributed by atoms with van der Waals surface area (Å²) in [6.45, 7) is 5.28. The fourth-order valence-electron chi connectivity index (χ4n) is 2.60. The Morgan fingerprint density at radius 2 is 1.45 bits per heavy atom. The van der Waals surface area contributed by atoms with Crippen LogP contribution in [0.2, 0.25) is 0 Å². The Morgan fingerprint density at radius 1 is 0.897 bits per heavy atom. The Morgan fingerprint density at radius 3 is 1.97 bits per heavy atom. The fourth-order valence-corrected chi connectivity index (χ4v) is 2.60. The second-order valence-corrected chi connectivity index (χ2v) is 7.47. The molecule has 0 saturated heterocycles. The lowest BCUT2D eigenvalue weighted by Gasteiger charge is -2.22. The monoisotopic (exact) mass is 398 g/mol. The molecule has 0 aliphatic heterocycles. The van der Waals surface area contributed by atoms with Crippen molar-refractivity contribution in [1.29, 1.82) is 0 Å². The number of benzene rings is 2. The molecule has 7 nitrogen and oxygen atoms in total. The minimum Gasteiger partial charge on any atom is -0.467 e. The summed E-state index contributed by atoms with van der Waals surface area (Å²) in [6.07, 6.45) is 0. The Kier molecular flexibility index (Phi) is 7.12. The molecule has 0 radical (unpaired) electrons. The predicted octanol–water partition coefficient (Wildman–Crippen LogP) is 2.67. The molecule has 2 atom stereocenters. The molecule has 0 aromatic heterocycles. The van der Waals surface area contributed by atoms with Crippen LogP contribution >= 0.6 is 0 Å². The van der Waals surface area contributed by atoms with Gasteiger partial charge in [0.05, 0.1) is 7.11 Å². The van der Waals surface area contributed by atoms with E-state index in [0.29, 0.717) is 16.7 Å². The van der Waals surface area contributed by atoms with Crippen LogP contribution in [0.5, 0.6) is 0 Å². The molecule has 2 rings (SSSR count). The number of nitrogens with one attached hydrogen (secondary N) is 1. The number of hydrogen-bond donors (Lipinski definition) is 2. The van der Waals surface area contributed by atoms with Crippen LogP contribution in [0.3, 0.4) is 0 Å². The quantitative estimate of drug-likeness (QED) is 0.725. The van der Waals surface area contributed by atoms with Gasteiger partial charge in [-0.25, -0.2) is 9.59 Å². The molecule has 154 valence electrons. The van der Waals surface area contributed by atoms with Crippen LogP contribution in [-0.2, 0) is 19.1 Å². The minimum absolute atomic E-state index is 0.407. The molecule has 29 heavy (non-hydrogen) atoms. The standard InChI is InChI=1S/C22H26N2O5/c1-22(2,3)29-20(26)17(23)14-10-12-15(13-11-14)18(21(27)28-4)24-19(25)16-8-6-5-7-9-16/h5-13,17-18H,23H2,1-4H3,(H,24,25). The third-order valence-corrected chi connectivity index (χ3v) is 4.04. The number of ether oxygens (including phenoxy) is 2. The Bertz CT molecular complexity index is 857. The van der Waals surface area contributed by atoms with Crippen molar-refractivity contribution >= 4 is 17.8 Å². The van der Waals surface area contributed by atoms with E-state index in [1.807, 2.05) is 0 Å².